The highest BCUT2D eigenvalue weighted by molar-refractivity contribution is 5.79. The molecule has 0 atom stereocenters. The van der Waals surface area contributed by atoms with E-state index in [1.54, 1.807) is 0 Å². The molecule has 2 heteroatoms. The average Bonchev–Trinajstić information content (AvgIpc) is 2.26. The smallest absolute Gasteiger partial charge is 0.126 e. The van der Waals surface area contributed by atoms with Gasteiger partial charge in [-0.15, -0.1) is 0 Å². The minimum Gasteiger partial charge on any atom is -0.370 e. The Morgan fingerprint density at radius 3 is 2.86 bits per heavy atom. The Morgan fingerprint density at radius 1 is 1.14 bits per heavy atom. The van der Waals surface area contributed by atoms with Gasteiger partial charge in [0.25, 0.3) is 0 Å². The molecule has 0 aliphatic carbocycles. The van der Waals surface area contributed by atoms with Crippen LogP contribution in [0, 0.1) is 0 Å². The summed E-state index contributed by atoms with van der Waals surface area (Å²) in [4.78, 5) is 4.50. The van der Waals surface area contributed by atoms with Crippen molar-refractivity contribution in [2.24, 2.45) is 0 Å². The number of hydrogen-bond acceptors (Lipinski definition) is 2. The molecule has 2 aromatic rings. The third kappa shape index (κ3) is 1.84. The minimum absolute atomic E-state index is 0.963. The number of hydrogen-bond donors (Lipinski definition) is 1. The molecular formula is C12H14N2. The SMILES string of the molecule is CCCNc1ccc2ccccc2n1. The summed E-state index contributed by atoms with van der Waals surface area (Å²) in [5.74, 6) is 0.963. The second kappa shape index (κ2) is 4.09. The van der Waals surface area contributed by atoms with Crippen molar-refractivity contribution in [3.05, 3.63) is 36.4 Å². The number of anilines is 1. The number of nitrogens with zero attached hydrogens (tertiary/aromatic N) is 1. The summed E-state index contributed by atoms with van der Waals surface area (Å²) in [6, 6.07) is 12.3. The van der Waals surface area contributed by atoms with Crippen LogP contribution in [-0.2, 0) is 0 Å². The molecule has 1 aromatic carbocycles. The van der Waals surface area contributed by atoms with E-state index in [0.29, 0.717) is 0 Å². The van der Waals surface area contributed by atoms with Crippen LogP contribution in [0.1, 0.15) is 13.3 Å². The summed E-state index contributed by atoms with van der Waals surface area (Å²) >= 11 is 0. The van der Waals surface area contributed by atoms with Gasteiger partial charge in [0.1, 0.15) is 5.82 Å². The highest BCUT2D eigenvalue weighted by Crippen LogP contribution is 2.14. The normalized spacial score (nSPS) is 10.4. The monoisotopic (exact) mass is 186 g/mol. The number of benzene rings is 1. The lowest BCUT2D eigenvalue weighted by molar-refractivity contribution is 0.972. The third-order valence-electron chi connectivity index (χ3n) is 2.15. The van der Waals surface area contributed by atoms with Gasteiger partial charge >= 0.3 is 0 Å². The predicted octanol–water partition coefficient (Wildman–Crippen LogP) is 3.06. The molecule has 14 heavy (non-hydrogen) atoms. The molecule has 0 fully saturated rings. The molecule has 1 heterocycles. The highest BCUT2D eigenvalue weighted by Gasteiger charge is 1.95. The van der Waals surface area contributed by atoms with Crippen LogP contribution in [0.3, 0.4) is 0 Å². The van der Waals surface area contributed by atoms with E-state index in [1.165, 1.54) is 5.39 Å². The summed E-state index contributed by atoms with van der Waals surface area (Å²) < 4.78 is 0. The first-order valence-electron chi connectivity index (χ1n) is 5.00. The number of para-hydroxylation sites is 1. The third-order valence-corrected chi connectivity index (χ3v) is 2.15. The fraction of sp³-hybridized carbons (Fsp3) is 0.250. The van der Waals surface area contributed by atoms with Crippen molar-refractivity contribution >= 4 is 16.7 Å². The molecule has 0 radical (unpaired) electrons. The van der Waals surface area contributed by atoms with Crippen LogP contribution >= 0.6 is 0 Å². The summed E-state index contributed by atoms with van der Waals surface area (Å²) in [5.41, 5.74) is 1.05. The molecule has 0 amide bonds. The van der Waals surface area contributed by atoms with Crippen molar-refractivity contribution in [3.63, 3.8) is 0 Å². The van der Waals surface area contributed by atoms with Crippen molar-refractivity contribution in [2.45, 2.75) is 13.3 Å². The maximum atomic E-state index is 4.50. The highest BCUT2D eigenvalue weighted by atomic mass is 15.0. The van der Waals surface area contributed by atoms with E-state index in [-0.39, 0.29) is 0 Å². The van der Waals surface area contributed by atoms with Crippen LogP contribution < -0.4 is 5.32 Å². The molecule has 72 valence electrons. The molecule has 2 rings (SSSR count). The largest absolute Gasteiger partial charge is 0.370 e. The van der Waals surface area contributed by atoms with Gasteiger partial charge in [-0.25, -0.2) is 4.98 Å². The van der Waals surface area contributed by atoms with E-state index < -0.39 is 0 Å². The molecule has 0 aliphatic heterocycles. The molecule has 1 aromatic heterocycles. The van der Waals surface area contributed by atoms with Crippen molar-refractivity contribution in [3.8, 4) is 0 Å². The Bertz CT molecular complexity index is 423. The fourth-order valence-corrected chi connectivity index (χ4v) is 1.42. The van der Waals surface area contributed by atoms with Gasteiger partial charge in [-0.05, 0) is 24.6 Å². The van der Waals surface area contributed by atoms with Crippen LogP contribution in [0.5, 0.6) is 0 Å². The lowest BCUT2D eigenvalue weighted by atomic mass is 10.2. The standard InChI is InChI=1S/C12H14N2/c1-2-9-13-12-8-7-10-5-3-4-6-11(10)14-12/h3-8H,2,9H2,1H3,(H,13,14). The van der Waals surface area contributed by atoms with Crippen molar-refractivity contribution in [2.75, 3.05) is 11.9 Å². The first-order valence-corrected chi connectivity index (χ1v) is 5.00. The van der Waals surface area contributed by atoms with Gasteiger partial charge in [0, 0.05) is 11.9 Å². The molecule has 1 N–H and O–H groups in total. The average molecular weight is 186 g/mol. The maximum Gasteiger partial charge on any atom is 0.126 e. The van der Waals surface area contributed by atoms with E-state index >= 15 is 0 Å². The minimum atomic E-state index is 0.963. The topological polar surface area (TPSA) is 24.9 Å². The van der Waals surface area contributed by atoms with Gasteiger partial charge in [-0.1, -0.05) is 25.1 Å². The summed E-state index contributed by atoms with van der Waals surface area (Å²) in [6.45, 7) is 3.12. The second-order valence-corrected chi connectivity index (χ2v) is 3.32. The number of rotatable bonds is 3. The molecule has 0 aliphatic rings. The molecule has 0 unspecified atom stereocenters. The Balaban J connectivity index is 2.32. The maximum absolute atomic E-state index is 4.50. The van der Waals surface area contributed by atoms with Gasteiger partial charge in [-0.2, -0.15) is 0 Å². The molecule has 0 spiro atoms. The van der Waals surface area contributed by atoms with Gasteiger partial charge in [0.2, 0.25) is 0 Å². The Hall–Kier alpha value is -1.57. The van der Waals surface area contributed by atoms with E-state index in [0.717, 1.165) is 24.3 Å². The van der Waals surface area contributed by atoms with Crippen LogP contribution in [0.2, 0.25) is 0 Å². The van der Waals surface area contributed by atoms with Gasteiger partial charge < -0.3 is 5.32 Å². The van der Waals surface area contributed by atoms with E-state index in [1.807, 2.05) is 24.3 Å². The Labute approximate surface area is 84.0 Å². The fourth-order valence-electron chi connectivity index (χ4n) is 1.42. The molecule has 0 saturated heterocycles. The molecular weight excluding hydrogens is 172 g/mol. The summed E-state index contributed by atoms with van der Waals surface area (Å²) in [7, 11) is 0. The summed E-state index contributed by atoms with van der Waals surface area (Å²) in [5, 5.41) is 4.46. The van der Waals surface area contributed by atoms with Crippen molar-refractivity contribution < 1.29 is 0 Å². The summed E-state index contributed by atoms with van der Waals surface area (Å²) in [6.07, 6.45) is 1.12. The van der Waals surface area contributed by atoms with E-state index in [9.17, 15) is 0 Å². The van der Waals surface area contributed by atoms with Crippen molar-refractivity contribution in [1.29, 1.82) is 0 Å². The molecule has 0 bridgehead atoms. The first-order chi connectivity index (χ1) is 6.90. The quantitative estimate of drug-likeness (QED) is 0.796. The first kappa shape index (κ1) is 9.00. The van der Waals surface area contributed by atoms with Crippen LogP contribution in [-0.4, -0.2) is 11.5 Å². The molecule has 0 saturated carbocycles. The van der Waals surface area contributed by atoms with Gasteiger partial charge in [-0.3, -0.25) is 0 Å². The zero-order valence-electron chi connectivity index (χ0n) is 8.33. The number of aromatic nitrogens is 1. The number of nitrogens with one attached hydrogen (secondary N) is 1. The lowest BCUT2D eigenvalue weighted by Gasteiger charge is -2.04. The molecule has 2 nitrogen and oxygen atoms in total. The van der Waals surface area contributed by atoms with Crippen molar-refractivity contribution in [1.82, 2.24) is 4.98 Å². The van der Waals surface area contributed by atoms with Gasteiger partial charge in [0.05, 0.1) is 5.52 Å². The second-order valence-electron chi connectivity index (χ2n) is 3.32. The van der Waals surface area contributed by atoms with Gasteiger partial charge in [0.15, 0.2) is 0 Å². The zero-order chi connectivity index (χ0) is 9.80. The number of pyridine rings is 1. The zero-order valence-corrected chi connectivity index (χ0v) is 8.33. The predicted molar refractivity (Wildman–Crippen MR) is 60.5 cm³/mol. The Kier molecular flexibility index (Phi) is 2.63. The number of fused-ring (bicyclic) bond motifs is 1. The van der Waals surface area contributed by atoms with E-state index in [2.05, 4.69) is 29.4 Å². The van der Waals surface area contributed by atoms with E-state index in [4.69, 9.17) is 0 Å². The lowest BCUT2D eigenvalue weighted by Crippen LogP contribution is -2.01. The Morgan fingerprint density at radius 2 is 2.00 bits per heavy atom. The van der Waals surface area contributed by atoms with Crippen LogP contribution in [0.4, 0.5) is 5.82 Å². The van der Waals surface area contributed by atoms with Crippen LogP contribution in [0.15, 0.2) is 36.4 Å². The van der Waals surface area contributed by atoms with Crippen LogP contribution in [0.25, 0.3) is 10.9 Å².